The Labute approximate surface area is 203 Å². The fraction of sp³-hybridized carbons (Fsp3) is 0.417. The minimum Gasteiger partial charge on any atom is -0.354 e. The molecular formula is C24H34IN5O. The van der Waals surface area contributed by atoms with Crippen LogP contribution < -0.4 is 10.6 Å². The van der Waals surface area contributed by atoms with Crippen LogP contribution in [0.15, 0.2) is 65.7 Å². The van der Waals surface area contributed by atoms with Crippen molar-refractivity contribution in [2.24, 2.45) is 4.99 Å². The lowest BCUT2D eigenvalue weighted by atomic mass is 10.0. The van der Waals surface area contributed by atoms with E-state index in [4.69, 9.17) is 4.99 Å². The van der Waals surface area contributed by atoms with Gasteiger partial charge in [0.2, 0.25) is 5.91 Å². The Balaban J connectivity index is 0.00000341. The lowest BCUT2D eigenvalue weighted by Gasteiger charge is -2.33. The SMILES string of the molecule is CN(C)C(=O)CNC(=NCc1ccccc1)NC1CCN(Cc2ccccc2)CC1.I. The zero-order chi connectivity index (χ0) is 21.2. The van der Waals surface area contributed by atoms with Crippen molar-refractivity contribution in [3.05, 3.63) is 71.8 Å². The molecular weight excluding hydrogens is 501 g/mol. The molecule has 0 atom stereocenters. The molecule has 6 nitrogen and oxygen atoms in total. The summed E-state index contributed by atoms with van der Waals surface area (Å²) in [6, 6.07) is 21.1. The predicted octanol–water partition coefficient (Wildman–Crippen LogP) is 3.09. The fourth-order valence-electron chi connectivity index (χ4n) is 3.49. The van der Waals surface area contributed by atoms with Crippen LogP contribution in [-0.4, -0.2) is 61.4 Å². The molecule has 1 heterocycles. The first-order valence-electron chi connectivity index (χ1n) is 10.7. The van der Waals surface area contributed by atoms with E-state index in [1.165, 1.54) is 5.56 Å². The number of piperidine rings is 1. The number of likely N-dealkylation sites (N-methyl/N-ethyl adjacent to an activating group) is 1. The molecule has 2 aromatic carbocycles. The number of nitrogens with one attached hydrogen (secondary N) is 2. The molecule has 168 valence electrons. The molecule has 1 aliphatic heterocycles. The van der Waals surface area contributed by atoms with E-state index < -0.39 is 0 Å². The normalized spacial score (nSPS) is 15.1. The summed E-state index contributed by atoms with van der Waals surface area (Å²) in [5.74, 6) is 0.734. The van der Waals surface area contributed by atoms with Crippen LogP contribution in [0.4, 0.5) is 0 Å². The highest BCUT2D eigenvalue weighted by atomic mass is 127. The fourth-order valence-corrected chi connectivity index (χ4v) is 3.49. The molecule has 7 heteroatoms. The lowest BCUT2D eigenvalue weighted by molar-refractivity contribution is -0.127. The Morgan fingerprint density at radius 3 is 2.16 bits per heavy atom. The van der Waals surface area contributed by atoms with E-state index in [0.29, 0.717) is 18.5 Å². The summed E-state index contributed by atoms with van der Waals surface area (Å²) in [5, 5.41) is 6.75. The summed E-state index contributed by atoms with van der Waals surface area (Å²) in [7, 11) is 3.53. The Kier molecular flexibility index (Phi) is 10.8. The van der Waals surface area contributed by atoms with Crippen molar-refractivity contribution < 1.29 is 4.79 Å². The molecule has 0 bridgehead atoms. The van der Waals surface area contributed by atoms with Crippen molar-refractivity contribution in [2.75, 3.05) is 33.7 Å². The van der Waals surface area contributed by atoms with E-state index >= 15 is 0 Å². The number of aliphatic imine (C=N–C) groups is 1. The van der Waals surface area contributed by atoms with Crippen molar-refractivity contribution in [1.29, 1.82) is 0 Å². The van der Waals surface area contributed by atoms with Gasteiger partial charge in [-0.15, -0.1) is 24.0 Å². The zero-order valence-corrected chi connectivity index (χ0v) is 20.8. The molecule has 2 aromatic rings. The Bertz CT molecular complexity index is 805. The molecule has 31 heavy (non-hydrogen) atoms. The maximum absolute atomic E-state index is 12.0. The van der Waals surface area contributed by atoms with Gasteiger partial charge in [0.15, 0.2) is 5.96 Å². The highest BCUT2D eigenvalue weighted by Crippen LogP contribution is 2.14. The number of nitrogens with zero attached hydrogens (tertiary/aromatic N) is 3. The van der Waals surface area contributed by atoms with Crippen molar-refractivity contribution in [2.45, 2.75) is 32.0 Å². The van der Waals surface area contributed by atoms with Gasteiger partial charge < -0.3 is 15.5 Å². The molecule has 3 rings (SSSR count). The second kappa shape index (κ2) is 13.3. The third-order valence-corrected chi connectivity index (χ3v) is 5.35. The van der Waals surface area contributed by atoms with Crippen LogP contribution in [0.25, 0.3) is 0 Å². The van der Waals surface area contributed by atoms with E-state index in [-0.39, 0.29) is 36.4 Å². The Morgan fingerprint density at radius 1 is 1.00 bits per heavy atom. The first-order chi connectivity index (χ1) is 14.6. The van der Waals surface area contributed by atoms with Gasteiger partial charge in [0.25, 0.3) is 0 Å². The number of rotatable bonds is 7. The van der Waals surface area contributed by atoms with Crippen molar-refractivity contribution >= 4 is 35.8 Å². The molecule has 0 radical (unpaired) electrons. The summed E-state index contributed by atoms with van der Waals surface area (Å²) in [6.45, 7) is 3.92. The van der Waals surface area contributed by atoms with Gasteiger partial charge in [-0.3, -0.25) is 9.69 Å². The van der Waals surface area contributed by atoms with Crippen LogP contribution in [0.3, 0.4) is 0 Å². The molecule has 1 amide bonds. The van der Waals surface area contributed by atoms with Gasteiger partial charge in [-0.2, -0.15) is 0 Å². The van der Waals surface area contributed by atoms with E-state index in [9.17, 15) is 4.79 Å². The Hall–Kier alpha value is -2.13. The largest absolute Gasteiger partial charge is 0.354 e. The summed E-state index contributed by atoms with van der Waals surface area (Å²) < 4.78 is 0. The lowest BCUT2D eigenvalue weighted by Crippen LogP contribution is -2.50. The summed E-state index contributed by atoms with van der Waals surface area (Å²) in [5.41, 5.74) is 2.51. The van der Waals surface area contributed by atoms with E-state index in [2.05, 4.69) is 58.0 Å². The standard InChI is InChI=1S/C24H33N5O.HI/c1-28(2)23(30)18-26-24(25-17-20-9-5-3-6-10-20)27-22-13-15-29(16-14-22)19-21-11-7-4-8-12-21;/h3-12,22H,13-19H2,1-2H3,(H2,25,26,27);1H. The molecule has 0 unspecified atom stereocenters. The van der Waals surface area contributed by atoms with Gasteiger partial charge in [-0.25, -0.2) is 4.99 Å². The first-order valence-corrected chi connectivity index (χ1v) is 10.7. The van der Waals surface area contributed by atoms with Crippen LogP contribution in [0, 0.1) is 0 Å². The average Bonchev–Trinajstić information content (AvgIpc) is 2.78. The number of amides is 1. The van der Waals surface area contributed by atoms with E-state index in [1.807, 2.05) is 18.2 Å². The van der Waals surface area contributed by atoms with E-state index in [1.54, 1.807) is 19.0 Å². The van der Waals surface area contributed by atoms with Crippen molar-refractivity contribution in [3.63, 3.8) is 0 Å². The number of benzene rings is 2. The highest BCUT2D eigenvalue weighted by molar-refractivity contribution is 14.0. The maximum Gasteiger partial charge on any atom is 0.241 e. The number of guanidine groups is 1. The third kappa shape index (κ3) is 8.86. The number of halogens is 1. The van der Waals surface area contributed by atoms with Gasteiger partial charge >= 0.3 is 0 Å². The topological polar surface area (TPSA) is 60.0 Å². The molecule has 1 fully saturated rings. The summed E-state index contributed by atoms with van der Waals surface area (Å²) >= 11 is 0. The molecule has 1 aliphatic rings. The Morgan fingerprint density at radius 2 is 1.58 bits per heavy atom. The highest BCUT2D eigenvalue weighted by Gasteiger charge is 2.20. The van der Waals surface area contributed by atoms with Crippen LogP contribution in [0.2, 0.25) is 0 Å². The monoisotopic (exact) mass is 535 g/mol. The number of carbonyl (C=O) groups is 1. The first kappa shape index (κ1) is 25.1. The van der Waals surface area contributed by atoms with Crippen molar-refractivity contribution in [3.8, 4) is 0 Å². The van der Waals surface area contributed by atoms with Gasteiger partial charge in [-0.05, 0) is 24.0 Å². The van der Waals surface area contributed by atoms with Gasteiger partial charge in [0.1, 0.15) is 0 Å². The minimum atomic E-state index is 0. The minimum absolute atomic E-state index is 0. The number of hydrogen-bond acceptors (Lipinski definition) is 3. The smallest absolute Gasteiger partial charge is 0.241 e. The summed E-state index contributed by atoms with van der Waals surface area (Å²) in [4.78, 5) is 20.8. The zero-order valence-electron chi connectivity index (χ0n) is 18.5. The average molecular weight is 535 g/mol. The number of carbonyl (C=O) groups excluding carboxylic acids is 1. The van der Waals surface area contributed by atoms with Crippen LogP contribution >= 0.6 is 24.0 Å². The van der Waals surface area contributed by atoms with Gasteiger partial charge in [0, 0.05) is 39.8 Å². The second-order valence-corrected chi connectivity index (χ2v) is 7.97. The van der Waals surface area contributed by atoms with Gasteiger partial charge in [0.05, 0.1) is 13.1 Å². The van der Waals surface area contributed by atoms with Crippen LogP contribution in [0.1, 0.15) is 24.0 Å². The molecule has 0 aromatic heterocycles. The van der Waals surface area contributed by atoms with E-state index in [0.717, 1.165) is 38.0 Å². The number of hydrogen-bond donors (Lipinski definition) is 2. The molecule has 0 saturated carbocycles. The summed E-state index contributed by atoms with van der Waals surface area (Å²) in [6.07, 6.45) is 2.11. The maximum atomic E-state index is 12.0. The quantitative estimate of drug-likeness (QED) is 0.325. The predicted molar refractivity (Wildman–Crippen MR) is 138 cm³/mol. The molecule has 2 N–H and O–H groups in total. The van der Waals surface area contributed by atoms with Gasteiger partial charge in [-0.1, -0.05) is 60.7 Å². The van der Waals surface area contributed by atoms with Crippen molar-refractivity contribution in [1.82, 2.24) is 20.4 Å². The molecule has 1 saturated heterocycles. The number of likely N-dealkylation sites (tertiary alicyclic amines) is 1. The second-order valence-electron chi connectivity index (χ2n) is 7.97. The van der Waals surface area contributed by atoms with Crippen LogP contribution in [0.5, 0.6) is 0 Å². The van der Waals surface area contributed by atoms with Crippen LogP contribution in [-0.2, 0) is 17.9 Å². The third-order valence-electron chi connectivity index (χ3n) is 5.35. The molecule has 0 aliphatic carbocycles. The molecule has 0 spiro atoms.